The highest BCUT2D eigenvalue weighted by Gasteiger charge is 2.35. The molecule has 15 nitrogen and oxygen atoms in total. The Balaban J connectivity index is 1.02. The Morgan fingerprint density at radius 2 is 1.70 bits per heavy atom. The topological polar surface area (TPSA) is 192 Å². The van der Waals surface area contributed by atoms with E-state index in [4.69, 9.17) is 21.1 Å². The minimum absolute atomic E-state index is 0.0733. The smallest absolute Gasteiger partial charge is 0.293 e. The fourth-order valence-electron chi connectivity index (χ4n) is 7.78. The van der Waals surface area contributed by atoms with E-state index in [2.05, 4.69) is 29.8 Å². The van der Waals surface area contributed by atoms with Crippen molar-refractivity contribution in [2.45, 2.75) is 23.3 Å². The van der Waals surface area contributed by atoms with E-state index < -0.39 is 37.0 Å². The van der Waals surface area contributed by atoms with Gasteiger partial charge in [0.05, 0.1) is 21.6 Å². The van der Waals surface area contributed by atoms with Gasteiger partial charge in [0.1, 0.15) is 28.4 Å². The standard InChI is InChI=1S/C44H44ClN7O8S/c45-34-8-6-33(7-9-34)44(54,32-4-2-1-3-5-32)29-50-18-20-51(21-19-50)35-10-12-38(41(25-35)60-36-24-31-14-17-46-42(31)48-28-36)43(53)49-61(57,58)37-11-13-39(40(26-37)52(55)56)47-27-30-15-22-59-23-16-30/h1-14,17,24-26,28,30,47,54H,15-16,18-23,27,29H2,(H,46,48)(H,49,53). The lowest BCUT2D eigenvalue weighted by Crippen LogP contribution is -2.51. The Labute approximate surface area is 357 Å². The number of benzene rings is 4. The number of amides is 1. The maximum absolute atomic E-state index is 13.9. The summed E-state index contributed by atoms with van der Waals surface area (Å²) >= 11 is 6.19. The molecule has 1 unspecified atom stereocenters. The van der Waals surface area contributed by atoms with Crippen LogP contribution in [0.2, 0.25) is 5.02 Å². The van der Waals surface area contributed by atoms with Gasteiger partial charge in [-0.2, -0.15) is 0 Å². The number of H-pyrrole nitrogens is 1. The van der Waals surface area contributed by atoms with Crippen LogP contribution in [-0.2, 0) is 20.4 Å². The highest BCUT2D eigenvalue weighted by Crippen LogP contribution is 2.35. The summed E-state index contributed by atoms with van der Waals surface area (Å²) in [5.74, 6) is -0.345. The second-order valence-corrected chi connectivity index (χ2v) is 17.3. The van der Waals surface area contributed by atoms with Crippen LogP contribution in [0.15, 0.2) is 120 Å². The first-order valence-electron chi connectivity index (χ1n) is 19.9. The number of nitrogens with one attached hydrogen (secondary N) is 3. The summed E-state index contributed by atoms with van der Waals surface area (Å²) in [4.78, 5) is 36.6. The molecule has 0 radical (unpaired) electrons. The van der Waals surface area contributed by atoms with Gasteiger partial charge in [0.15, 0.2) is 0 Å². The molecule has 1 amide bonds. The molecule has 61 heavy (non-hydrogen) atoms. The van der Waals surface area contributed by atoms with Gasteiger partial charge < -0.3 is 29.8 Å². The number of carbonyl (C=O) groups excluding carboxylic acids is 1. The molecule has 17 heteroatoms. The summed E-state index contributed by atoms with van der Waals surface area (Å²) in [7, 11) is -4.58. The number of hydrogen-bond donors (Lipinski definition) is 4. The highest BCUT2D eigenvalue weighted by atomic mass is 35.5. The lowest BCUT2D eigenvalue weighted by atomic mass is 9.85. The minimum atomic E-state index is -4.58. The number of rotatable bonds is 14. The van der Waals surface area contributed by atoms with Gasteiger partial charge in [-0.1, -0.05) is 54.1 Å². The summed E-state index contributed by atoms with van der Waals surface area (Å²) in [6, 6.07) is 28.7. The average Bonchev–Trinajstić information content (AvgIpc) is 3.75. The Hall–Kier alpha value is -6.04. The Morgan fingerprint density at radius 3 is 2.44 bits per heavy atom. The number of β-amino-alcohol motifs (C(OH)–C–C–N with tert-alkyl or cyclic N) is 1. The maximum Gasteiger partial charge on any atom is 0.293 e. The summed E-state index contributed by atoms with van der Waals surface area (Å²) < 4.78 is 41.1. The molecule has 0 bridgehead atoms. The molecule has 4 N–H and O–H groups in total. The number of anilines is 2. The first-order valence-corrected chi connectivity index (χ1v) is 21.7. The zero-order chi connectivity index (χ0) is 42.6. The van der Waals surface area contributed by atoms with Crippen LogP contribution < -0.4 is 19.7 Å². The first kappa shape index (κ1) is 41.7. The van der Waals surface area contributed by atoms with Crippen LogP contribution >= 0.6 is 11.6 Å². The van der Waals surface area contributed by atoms with E-state index in [0.29, 0.717) is 68.9 Å². The Morgan fingerprint density at radius 1 is 0.967 bits per heavy atom. The number of aromatic nitrogens is 2. The SMILES string of the molecule is O=C(NS(=O)(=O)c1ccc(NCC2CCOCC2)c([N+](=O)[O-])c1)c1ccc(N2CCN(CC(O)(c3ccccc3)c3ccc(Cl)cc3)CC2)cc1Oc1cnc2[nH]ccc2c1. The van der Waals surface area contributed by atoms with Gasteiger partial charge in [-0.25, -0.2) is 18.1 Å². The number of ether oxygens (including phenoxy) is 2. The van der Waals surface area contributed by atoms with Crippen LogP contribution in [0.3, 0.4) is 0 Å². The number of aromatic amines is 1. The summed E-state index contributed by atoms with van der Waals surface area (Å²) in [5.41, 5.74) is 1.21. The van der Waals surface area contributed by atoms with Gasteiger partial charge in [0.2, 0.25) is 0 Å². The van der Waals surface area contributed by atoms with E-state index >= 15 is 0 Å². The molecule has 4 aromatic carbocycles. The van der Waals surface area contributed by atoms with Crippen LogP contribution in [0.1, 0.15) is 34.3 Å². The molecule has 4 heterocycles. The molecule has 1 atom stereocenters. The second-order valence-electron chi connectivity index (χ2n) is 15.2. The van der Waals surface area contributed by atoms with Crippen molar-refractivity contribution in [1.29, 1.82) is 0 Å². The van der Waals surface area contributed by atoms with Crippen molar-refractivity contribution in [3.8, 4) is 11.5 Å². The van der Waals surface area contributed by atoms with E-state index in [1.54, 1.807) is 36.5 Å². The van der Waals surface area contributed by atoms with Crippen molar-refractivity contribution < 1.29 is 32.7 Å². The summed E-state index contributed by atoms with van der Waals surface area (Å²) in [5, 5.41) is 28.7. The molecular weight excluding hydrogens is 822 g/mol. The molecule has 2 aliphatic rings. The predicted octanol–water partition coefficient (Wildman–Crippen LogP) is 6.93. The van der Waals surface area contributed by atoms with Gasteiger partial charge in [0.25, 0.3) is 21.6 Å². The van der Waals surface area contributed by atoms with Crippen molar-refractivity contribution in [1.82, 2.24) is 19.6 Å². The second kappa shape index (κ2) is 17.9. The monoisotopic (exact) mass is 865 g/mol. The fourth-order valence-corrected chi connectivity index (χ4v) is 8.89. The number of pyridine rings is 1. The number of sulfonamides is 1. The lowest BCUT2D eigenvalue weighted by molar-refractivity contribution is -0.384. The van der Waals surface area contributed by atoms with Crippen molar-refractivity contribution in [3.63, 3.8) is 0 Å². The number of piperazine rings is 1. The lowest BCUT2D eigenvalue weighted by Gasteiger charge is -2.41. The highest BCUT2D eigenvalue weighted by molar-refractivity contribution is 7.90. The number of halogens is 1. The molecule has 2 aliphatic heterocycles. The molecule has 316 valence electrons. The number of aliphatic hydroxyl groups is 1. The Kier molecular flexibility index (Phi) is 12.2. The number of nitro groups is 1. The van der Waals surface area contributed by atoms with Crippen LogP contribution in [0.5, 0.6) is 11.5 Å². The zero-order valence-corrected chi connectivity index (χ0v) is 34.6. The number of carbonyl (C=O) groups is 1. The van der Waals surface area contributed by atoms with E-state index in [9.17, 15) is 28.4 Å². The normalized spacial score (nSPS) is 16.2. The number of fused-ring (bicyclic) bond motifs is 1. The number of nitro benzene ring substituents is 1. The molecule has 2 fully saturated rings. The zero-order valence-electron chi connectivity index (χ0n) is 33.0. The predicted molar refractivity (Wildman–Crippen MR) is 232 cm³/mol. The molecule has 6 aromatic rings. The van der Waals surface area contributed by atoms with Gasteiger partial charge in [-0.05, 0) is 78.4 Å². The van der Waals surface area contributed by atoms with Crippen LogP contribution in [-0.4, -0.2) is 91.7 Å². The maximum atomic E-state index is 13.9. The van der Waals surface area contributed by atoms with Crippen LogP contribution in [0, 0.1) is 16.0 Å². The van der Waals surface area contributed by atoms with Crippen LogP contribution in [0.4, 0.5) is 17.1 Å². The molecule has 8 rings (SSSR count). The Bertz CT molecular complexity index is 2630. The quantitative estimate of drug-likeness (QED) is 0.0653. The van der Waals surface area contributed by atoms with Gasteiger partial charge >= 0.3 is 0 Å². The van der Waals surface area contributed by atoms with Gasteiger partial charge in [0, 0.05) is 86.9 Å². The third-order valence-corrected chi connectivity index (χ3v) is 12.8. The van der Waals surface area contributed by atoms with Gasteiger partial charge in [-0.15, -0.1) is 0 Å². The van der Waals surface area contributed by atoms with E-state index in [1.807, 2.05) is 48.5 Å². The summed E-state index contributed by atoms with van der Waals surface area (Å²) in [6.07, 6.45) is 4.85. The van der Waals surface area contributed by atoms with E-state index in [1.165, 1.54) is 24.4 Å². The number of hydrogen-bond acceptors (Lipinski definition) is 12. The summed E-state index contributed by atoms with van der Waals surface area (Å²) in [6.45, 7) is 4.38. The van der Waals surface area contributed by atoms with E-state index in [0.717, 1.165) is 41.1 Å². The molecule has 2 saturated heterocycles. The minimum Gasteiger partial charge on any atom is -0.455 e. The molecule has 2 aromatic heterocycles. The first-order chi connectivity index (χ1) is 29.4. The molecule has 0 spiro atoms. The van der Waals surface area contributed by atoms with Crippen molar-refractivity contribution >= 4 is 55.6 Å². The largest absolute Gasteiger partial charge is 0.455 e. The van der Waals surface area contributed by atoms with Crippen molar-refractivity contribution in [2.24, 2.45) is 5.92 Å². The third kappa shape index (κ3) is 9.48. The fraction of sp³-hybridized carbons (Fsp3) is 0.273. The average molecular weight is 866 g/mol. The van der Waals surface area contributed by atoms with Gasteiger partial charge in [-0.3, -0.25) is 19.8 Å². The van der Waals surface area contributed by atoms with E-state index in [-0.39, 0.29) is 22.9 Å². The molecular formula is C44H44ClN7O8S. The van der Waals surface area contributed by atoms with Crippen molar-refractivity contribution in [2.75, 3.05) is 62.7 Å². The van der Waals surface area contributed by atoms with Crippen molar-refractivity contribution in [3.05, 3.63) is 147 Å². The molecule has 0 saturated carbocycles. The third-order valence-electron chi connectivity index (χ3n) is 11.2. The number of nitrogens with zero attached hydrogens (tertiary/aromatic N) is 4. The van der Waals surface area contributed by atoms with Crippen LogP contribution in [0.25, 0.3) is 11.0 Å². The molecule has 0 aliphatic carbocycles.